The molecule has 5 nitrogen and oxygen atoms in total. The van der Waals surface area contributed by atoms with Crippen LogP contribution in [0.5, 0.6) is 0 Å². The summed E-state index contributed by atoms with van der Waals surface area (Å²) in [4.78, 5) is 29.7. The summed E-state index contributed by atoms with van der Waals surface area (Å²) >= 11 is 1.45. The van der Waals surface area contributed by atoms with Crippen molar-refractivity contribution >= 4 is 22.2 Å². The first-order chi connectivity index (χ1) is 10.2. The van der Waals surface area contributed by atoms with E-state index in [-0.39, 0.29) is 11.1 Å². The minimum absolute atomic E-state index is 0.0547. The third kappa shape index (κ3) is 2.57. The van der Waals surface area contributed by atoms with Gasteiger partial charge in [0, 0.05) is 30.7 Å². The van der Waals surface area contributed by atoms with Gasteiger partial charge in [0.05, 0.1) is 0 Å². The van der Waals surface area contributed by atoms with Gasteiger partial charge in [-0.1, -0.05) is 30.3 Å². The van der Waals surface area contributed by atoms with Crippen molar-refractivity contribution in [2.45, 2.75) is 6.42 Å². The number of nitrogens with zero attached hydrogens (tertiary/aromatic N) is 2. The summed E-state index contributed by atoms with van der Waals surface area (Å²) in [7, 11) is 1.49. The van der Waals surface area contributed by atoms with Crippen LogP contribution in [0, 0.1) is 0 Å². The van der Waals surface area contributed by atoms with Gasteiger partial charge in [-0.15, -0.1) is 11.3 Å². The molecule has 2 heterocycles. The Morgan fingerprint density at radius 3 is 2.81 bits per heavy atom. The second-order valence-electron chi connectivity index (χ2n) is 4.57. The molecule has 0 spiro atoms. The van der Waals surface area contributed by atoms with Gasteiger partial charge in [-0.05, 0) is 5.56 Å². The molecule has 1 aromatic carbocycles. The summed E-state index contributed by atoms with van der Waals surface area (Å²) < 4.78 is 1.44. The average molecular weight is 299 g/mol. The molecule has 0 aliphatic heterocycles. The van der Waals surface area contributed by atoms with Crippen LogP contribution in [-0.4, -0.2) is 22.3 Å². The Hall–Kier alpha value is -2.47. The number of rotatable bonds is 3. The Labute approximate surface area is 124 Å². The number of amides is 1. The maximum Gasteiger partial charge on any atom is 0.271 e. The van der Waals surface area contributed by atoms with Crippen molar-refractivity contribution in [1.29, 1.82) is 0 Å². The topological polar surface area (TPSA) is 63.5 Å². The lowest BCUT2D eigenvalue weighted by Crippen LogP contribution is -2.28. The highest BCUT2D eigenvalue weighted by Crippen LogP contribution is 2.18. The normalized spacial score (nSPS) is 10.7. The monoisotopic (exact) mass is 299 g/mol. The van der Waals surface area contributed by atoms with Crippen LogP contribution < -0.4 is 10.9 Å². The van der Waals surface area contributed by atoms with Gasteiger partial charge in [0.15, 0.2) is 4.96 Å². The molecule has 0 aliphatic rings. The van der Waals surface area contributed by atoms with Gasteiger partial charge in [0.25, 0.3) is 11.5 Å². The summed E-state index contributed by atoms with van der Waals surface area (Å²) in [6, 6.07) is 10.0. The fraction of sp³-hybridized carbons (Fsp3) is 0.133. The maximum absolute atomic E-state index is 12.3. The minimum atomic E-state index is -0.419. The maximum atomic E-state index is 12.3. The molecular formula is C15H13N3O2S. The van der Waals surface area contributed by atoms with Crippen LogP contribution in [0.15, 0.2) is 47.5 Å². The molecule has 0 unspecified atom stereocenters. The van der Waals surface area contributed by atoms with E-state index in [2.05, 4.69) is 10.3 Å². The zero-order chi connectivity index (χ0) is 14.8. The van der Waals surface area contributed by atoms with Crippen LogP contribution in [0.4, 0.5) is 0 Å². The van der Waals surface area contributed by atoms with Crippen molar-refractivity contribution in [3.63, 3.8) is 0 Å². The number of carbonyl (C=O) groups is 1. The fourth-order valence-corrected chi connectivity index (χ4v) is 3.07. The Kier molecular flexibility index (Phi) is 3.53. The molecule has 3 rings (SSSR count). The van der Waals surface area contributed by atoms with E-state index in [1.807, 2.05) is 30.3 Å². The van der Waals surface area contributed by atoms with Crippen molar-refractivity contribution in [2.24, 2.45) is 0 Å². The highest BCUT2D eigenvalue weighted by Gasteiger charge is 2.13. The minimum Gasteiger partial charge on any atom is -0.355 e. The highest BCUT2D eigenvalue weighted by molar-refractivity contribution is 7.17. The lowest BCUT2D eigenvalue weighted by molar-refractivity contribution is 0.0961. The third-order valence-electron chi connectivity index (χ3n) is 3.15. The van der Waals surface area contributed by atoms with E-state index in [9.17, 15) is 9.59 Å². The molecule has 0 fully saturated rings. The molecule has 6 heteroatoms. The van der Waals surface area contributed by atoms with Crippen LogP contribution in [0.25, 0.3) is 4.96 Å². The van der Waals surface area contributed by atoms with E-state index in [0.717, 1.165) is 11.3 Å². The molecule has 21 heavy (non-hydrogen) atoms. The number of fused-ring (bicyclic) bond motifs is 1. The van der Waals surface area contributed by atoms with E-state index in [1.54, 1.807) is 6.20 Å². The van der Waals surface area contributed by atoms with Gasteiger partial charge in [-0.2, -0.15) is 0 Å². The smallest absolute Gasteiger partial charge is 0.271 e. The van der Waals surface area contributed by atoms with Crippen LogP contribution >= 0.6 is 11.3 Å². The number of thiazole rings is 1. The van der Waals surface area contributed by atoms with Gasteiger partial charge in [0.2, 0.25) is 0 Å². The molecule has 0 bridgehead atoms. The number of aromatic nitrogens is 2. The number of hydrogen-bond donors (Lipinski definition) is 1. The highest BCUT2D eigenvalue weighted by atomic mass is 32.1. The zero-order valence-electron chi connectivity index (χ0n) is 11.4. The van der Waals surface area contributed by atoms with Crippen LogP contribution in [0.1, 0.15) is 20.8 Å². The van der Waals surface area contributed by atoms with Gasteiger partial charge in [-0.3, -0.25) is 14.0 Å². The third-order valence-corrected chi connectivity index (χ3v) is 4.14. The number of hydrogen-bond acceptors (Lipinski definition) is 4. The summed E-state index contributed by atoms with van der Waals surface area (Å²) in [5.41, 5.74) is 0.887. The molecule has 3 aromatic rings. The number of nitrogens with one attached hydrogen (secondary N) is 1. The quantitative estimate of drug-likeness (QED) is 0.801. The van der Waals surface area contributed by atoms with Crippen LogP contribution in [-0.2, 0) is 6.42 Å². The van der Waals surface area contributed by atoms with Crippen LogP contribution in [0.3, 0.4) is 0 Å². The first kappa shape index (κ1) is 13.5. The molecule has 1 N–H and O–H groups in total. The second-order valence-corrected chi connectivity index (χ2v) is 5.66. The first-order valence-electron chi connectivity index (χ1n) is 6.45. The standard InChI is InChI=1S/C15H13N3O2S/c1-16-13(19)12-8-17-15-18(14(12)20)9-11(21-15)7-10-5-3-2-4-6-10/h2-6,8-9H,7H2,1H3,(H,16,19). The SMILES string of the molecule is CNC(=O)c1cnc2sc(Cc3ccccc3)cn2c1=O. The molecular weight excluding hydrogens is 286 g/mol. The molecule has 0 atom stereocenters. The Morgan fingerprint density at radius 1 is 1.33 bits per heavy atom. The second kappa shape index (κ2) is 5.49. The Bertz CT molecular complexity index is 852. The summed E-state index contributed by atoms with van der Waals surface area (Å²) in [6.07, 6.45) is 3.83. The summed E-state index contributed by atoms with van der Waals surface area (Å²) in [5, 5.41) is 2.44. The predicted octanol–water partition coefficient (Wildman–Crippen LogP) is 1.71. The first-order valence-corrected chi connectivity index (χ1v) is 7.27. The van der Waals surface area contributed by atoms with Crippen molar-refractivity contribution in [3.05, 3.63) is 69.1 Å². The van der Waals surface area contributed by atoms with Gasteiger partial charge < -0.3 is 5.32 Å². The molecule has 0 saturated carbocycles. The van der Waals surface area contributed by atoms with E-state index >= 15 is 0 Å². The summed E-state index contributed by atoms with van der Waals surface area (Å²) in [5.74, 6) is -0.419. The van der Waals surface area contributed by atoms with Crippen molar-refractivity contribution in [1.82, 2.24) is 14.7 Å². The fourth-order valence-electron chi connectivity index (χ4n) is 2.10. The van der Waals surface area contributed by atoms with Crippen LogP contribution in [0.2, 0.25) is 0 Å². The van der Waals surface area contributed by atoms with Crippen molar-refractivity contribution in [2.75, 3.05) is 7.05 Å². The molecule has 0 saturated heterocycles. The van der Waals surface area contributed by atoms with E-state index in [1.165, 1.54) is 34.5 Å². The van der Waals surface area contributed by atoms with Crippen molar-refractivity contribution in [3.8, 4) is 0 Å². The van der Waals surface area contributed by atoms with E-state index in [4.69, 9.17) is 0 Å². The predicted molar refractivity (Wildman–Crippen MR) is 82.0 cm³/mol. The van der Waals surface area contributed by atoms with E-state index in [0.29, 0.717) is 4.96 Å². The Balaban J connectivity index is 2.03. The summed E-state index contributed by atoms with van der Waals surface area (Å²) in [6.45, 7) is 0. The average Bonchev–Trinajstić information content (AvgIpc) is 2.91. The molecule has 2 aromatic heterocycles. The lowest BCUT2D eigenvalue weighted by Gasteiger charge is -1.98. The number of carbonyl (C=O) groups excluding carboxylic acids is 1. The number of benzene rings is 1. The van der Waals surface area contributed by atoms with Gasteiger partial charge in [0.1, 0.15) is 5.56 Å². The zero-order valence-corrected chi connectivity index (χ0v) is 12.2. The van der Waals surface area contributed by atoms with Gasteiger partial charge >= 0.3 is 0 Å². The molecule has 1 amide bonds. The van der Waals surface area contributed by atoms with Crippen molar-refractivity contribution < 1.29 is 4.79 Å². The molecule has 106 valence electrons. The largest absolute Gasteiger partial charge is 0.355 e. The molecule has 0 radical (unpaired) electrons. The lowest BCUT2D eigenvalue weighted by atomic mass is 10.1. The Morgan fingerprint density at radius 2 is 2.10 bits per heavy atom. The van der Waals surface area contributed by atoms with E-state index < -0.39 is 5.91 Å². The van der Waals surface area contributed by atoms with Gasteiger partial charge in [-0.25, -0.2) is 4.98 Å². The molecule has 0 aliphatic carbocycles.